The monoisotopic (exact) mass is 480 g/mol. The van der Waals surface area contributed by atoms with E-state index in [-0.39, 0.29) is 52.8 Å². The fourth-order valence-electron chi connectivity index (χ4n) is 8.95. The van der Waals surface area contributed by atoms with Crippen molar-refractivity contribution in [2.45, 2.75) is 104 Å². The lowest BCUT2D eigenvalue weighted by Gasteiger charge is -2.56. The number of hydrogen-bond donors (Lipinski definition) is 4. The summed E-state index contributed by atoms with van der Waals surface area (Å²) in [6.07, 6.45) is 1.61. The zero-order chi connectivity index (χ0) is 25.2. The van der Waals surface area contributed by atoms with E-state index in [1.165, 1.54) is 0 Å². The summed E-state index contributed by atoms with van der Waals surface area (Å²) in [4.78, 5) is 13.0. The van der Waals surface area contributed by atoms with E-state index in [0.717, 1.165) is 25.7 Å². The van der Waals surface area contributed by atoms with E-state index >= 15 is 0 Å². The summed E-state index contributed by atoms with van der Waals surface area (Å²) >= 11 is 0. The molecule has 0 aromatic carbocycles. The number of ether oxygens (including phenoxy) is 1. The Hall–Kier alpha value is -0.690. The molecule has 13 atom stereocenters. The molecule has 0 bridgehead atoms. The molecule has 4 fully saturated rings. The number of hydrogen-bond acceptors (Lipinski definition) is 6. The molecule has 6 nitrogen and oxygen atoms in total. The zero-order valence-electron chi connectivity index (χ0n) is 22.0. The van der Waals surface area contributed by atoms with Gasteiger partial charge in [0.2, 0.25) is 0 Å². The van der Waals surface area contributed by atoms with Crippen molar-refractivity contribution in [1.29, 1.82) is 0 Å². The molecule has 4 N–H and O–H groups in total. The molecule has 4 aliphatic rings. The third kappa shape index (κ3) is 4.05. The van der Waals surface area contributed by atoms with Crippen molar-refractivity contribution in [2.24, 2.45) is 58.2 Å². The van der Waals surface area contributed by atoms with Crippen molar-refractivity contribution in [3.05, 3.63) is 0 Å². The van der Waals surface area contributed by atoms with E-state index in [1.54, 1.807) is 0 Å². The third-order valence-corrected chi connectivity index (χ3v) is 11.5. The van der Waals surface area contributed by atoms with Gasteiger partial charge >= 0.3 is 5.97 Å². The number of esters is 1. The van der Waals surface area contributed by atoms with Crippen LogP contribution in [0.4, 0.5) is 0 Å². The lowest BCUT2D eigenvalue weighted by molar-refractivity contribution is -0.162. The lowest BCUT2D eigenvalue weighted by atomic mass is 9.48. The second-order valence-corrected chi connectivity index (χ2v) is 13.3. The number of fused-ring (bicyclic) bond motifs is 5. The van der Waals surface area contributed by atoms with Gasteiger partial charge in [-0.05, 0) is 90.8 Å². The predicted molar refractivity (Wildman–Crippen MR) is 130 cm³/mol. The average Bonchev–Trinajstić information content (AvgIpc) is 3.09. The van der Waals surface area contributed by atoms with Crippen molar-refractivity contribution in [3.63, 3.8) is 0 Å². The van der Waals surface area contributed by atoms with Crippen LogP contribution in [-0.2, 0) is 9.53 Å². The number of cyclic esters (lactones) is 1. The van der Waals surface area contributed by atoms with E-state index in [0.29, 0.717) is 30.8 Å². The molecule has 196 valence electrons. The highest BCUT2D eigenvalue weighted by Gasteiger charge is 2.63. The van der Waals surface area contributed by atoms with Crippen LogP contribution in [0.2, 0.25) is 0 Å². The molecular weight excluding hydrogens is 432 g/mol. The van der Waals surface area contributed by atoms with Crippen LogP contribution < -0.4 is 0 Å². The Kier molecular flexibility index (Phi) is 7.23. The summed E-state index contributed by atoms with van der Waals surface area (Å²) in [7, 11) is 0. The number of rotatable bonds is 5. The Morgan fingerprint density at radius 3 is 2.21 bits per heavy atom. The molecule has 0 aromatic heterocycles. The highest BCUT2D eigenvalue weighted by molar-refractivity contribution is 5.74. The molecule has 1 aliphatic heterocycles. The van der Waals surface area contributed by atoms with Gasteiger partial charge in [-0.2, -0.15) is 0 Å². The molecule has 3 aliphatic carbocycles. The van der Waals surface area contributed by atoms with Crippen LogP contribution in [0.3, 0.4) is 0 Å². The summed E-state index contributed by atoms with van der Waals surface area (Å²) in [5, 5.41) is 42.9. The molecule has 6 heteroatoms. The van der Waals surface area contributed by atoms with E-state index in [1.807, 2.05) is 6.92 Å². The quantitative estimate of drug-likeness (QED) is 0.450. The van der Waals surface area contributed by atoms with Crippen LogP contribution in [0.25, 0.3) is 0 Å². The molecule has 0 radical (unpaired) electrons. The number of aliphatic hydroxyl groups excluding tert-OH is 4. The standard InChI is InChI=1S/C28H48O6/c1-14(2)15(3)24(31)25(32)16(4)18-7-8-19-17-13-34-26(33)21-11-22(29)23(30)12-28(21,6)20(17)9-10-27(18,19)5/h14-25,29-32H,7-13H2,1-6H3/t15-,16-,17?,18?,19?,20?,21+,22-,23+,24+,25+,27+,28+/m0/s1. The fraction of sp³-hybridized carbons (Fsp3) is 0.964. The minimum atomic E-state index is -0.867. The first-order chi connectivity index (χ1) is 15.8. The van der Waals surface area contributed by atoms with Gasteiger partial charge in [0.25, 0.3) is 0 Å². The maximum Gasteiger partial charge on any atom is 0.309 e. The van der Waals surface area contributed by atoms with Gasteiger partial charge in [-0.3, -0.25) is 4.79 Å². The molecule has 34 heavy (non-hydrogen) atoms. The largest absolute Gasteiger partial charge is 0.465 e. The molecule has 0 spiro atoms. The smallest absolute Gasteiger partial charge is 0.309 e. The normalized spacial score (nSPS) is 48.1. The first kappa shape index (κ1) is 26.4. The zero-order valence-corrected chi connectivity index (χ0v) is 22.0. The van der Waals surface area contributed by atoms with Crippen molar-refractivity contribution in [1.82, 2.24) is 0 Å². The Morgan fingerprint density at radius 1 is 0.912 bits per heavy atom. The predicted octanol–water partition coefficient (Wildman–Crippen LogP) is 3.39. The molecule has 4 rings (SSSR count). The second-order valence-electron chi connectivity index (χ2n) is 13.3. The Morgan fingerprint density at radius 2 is 1.56 bits per heavy atom. The van der Waals surface area contributed by atoms with Crippen molar-refractivity contribution in [3.8, 4) is 0 Å². The molecule has 3 saturated carbocycles. The molecule has 0 aromatic rings. The summed E-state index contributed by atoms with van der Waals surface area (Å²) in [6, 6.07) is 0. The van der Waals surface area contributed by atoms with Gasteiger partial charge in [0, 0.05) is 0 Å². The first-order valence-corrected chi connectivity index (χ1v) is 13.7. The lowest BCUT2D eigenvalue weighted by Crippen LogP contribution is -2.55. The van der Waals surface area contributed by atoms with Crippen LogP contribution >= 0.6 is 0 Å². The molecular formula is C28H48O6. The number of carbonyl (C=O) groups excluding carboxylic acids is 1. The van der Waals surface area contributed by atoms with Crippen molar-refractivity contribution in [2.75, 3.05) is 6.61 Å². The van der Waals surface area contributed by atoms with Crippen LogP contribution in [0.1, 0.15) is 80.1 Å². The number of carbonyl (C=O) groups is 1. The van der Waals surface area contributed by atoms with Crippen LogP contribution in [0.5, 0.6) is 0 Å². The van der Waals surface area contributed by atoms with Crippen LogP contribution in [-0.4, -0.2) is 57.4 Å². The highest BCUT2D eigenvalue weighted by Crippen LogP contribution is 2.66. The van der Waals surface area contributed by atoms with E-state index in [2.05, 4.69) is 34.6 Å². The molecule has 0 amide bonds. The summed E-state index contributed by atoms with van der Waals surface area (Å²) in [6.45, 7) is 13.2. The Balaban J connectivity index is 1.58. The van der Waals surface area contributed by atoms with Gasteiger partial charge in [-0.25, -0.2) is 0 Å². The van der Waals surface area contributed by atoms with Gasteiger partial charge in [-0.1, -0.05) is 41.5 Å². The summed E-state index contributed by atoms with van der Waals surface area (Å²) in [5.74, 6) is 0.948. The van der Waals surface area contributed by atoms with E-state index < -0.39 is 24.4 Å². The fourth-order valence-corrected chi connectivity index (χ4v) is 8.95. The van der Waals surface area contributed by atoms with Crippen molar-refractivity contribution >= 4 is 5.97 Å². The van der Waals surface area contributed by atoms with Gasteiger partial charge in [0.05, 0.1) is 36.9 Å². The maximum atomic E-state index is 13.0. The van der Waals surface area contributed by atoms with Crippen LogP contribution in [0, 0.1) is 58.2 Å². The molecule has 4 unspecified atom stereocenters. The van der Waals surface area contributed by atoms with E-state index in [9.17, 15) is 25.2 Å². The van der Waals surface area contributed by atoms with Gasteiger partial charge in [0.15, 0.2) is 0 Å². The van der Waals surface area contributed by atoms with Crippen LogP contribution in [0.15, 0.2) is 0 Å². The van der Waals surface area contributed by atoms with Crippen molar-refractivity contribution < 1.29 is 30.0 Å². The summed E-state index contributed by atoms with van der Waals surface area (Å²) in [5.41, 5.74) is -0.345. The van der Waals surface area contributed by atoms with Gasteiger partial charge in [0.1, 0.15) is 0 Å². The van der Waals surface area contributed by atoms with Gasteiger partial charge in [-0.15, -0.1) is 0 Å². The highest BCUT2D eigenvalue weighted by atomic mass is 16.5. The average molecular weight is 481 g/mol. The summed E-state index contributed by atoms with van der Waals surface area (Å²) < 4.78 is 5.86. The second kappa shape index (κ2) is 9.32. The number of aliphatic hydroxyl groups is 4. The topological polar surface area (TPSA) is 107 Å². The minimum Gasteiger partial charge on any atom is -0.465 e. The minimum absolute atomic E-state index is 0.00827. The van der Waals surface area contributed by atoms with Gasteiger partial charge < -0.3 is 25.2 Å². The first-order valence-electron chi connectivity index (χ1n) is 13.7. The third-order valence-electron chi connectivity index (χ3n) is 11.5. The maximum absolute atomic E-state index is 13.0. The molecule has 1 saturated heterocycles. The Bertz CT molecular complexity index is 755. The van der Waals surface area contributed by atoms with E-state index in [4.69, 9.17) is 4.74 Å². The SMILES string of the molecule is CC(C)[C@H](C)[C@@H](O)[C@H](O)[C@@H](C)C1CCC2C3COC(=O)[C@H]4C[C@H](O)[C@H](O)C[C@]4(C)C3CC[C@@]21C. The molecule has 1 heterocycles. The Labute approximate surface area is 205 Å².